The minimum atomic E-state index is -0.274. The van der Waals surface area contributed by atoms with Gasteiger partial charge in [-0.1, -0.05) is 90.5 Å². The summed E-state index contributed by atoms with van der Waals surface area (Å²) in [5.74, 6) is 0. The van der Waals surface area contributed by atoms with E-state index in [1.165, 1.54) is 16.5 Å². The van der Waals surface area contributed by atoms with Gasteiger partial charge in [0, 0.05) is 35.6 Å². The van der Waals surface area contributed by atoms with Gasteiger partial charge < -0.3 is 10.3 Å². The Kier molecular flexibility index (Phi) is 5.76. The lowest BCUT2D eigenvalue weighted by Crippen LogP contribution is -2.15. The molecule has 176 valence electrons. The first-order chi connectivity index (χ1) is 17.6. The maximum absolute atomic E-state index is 6.86. The summed E-state index contributed by atoms with van der Waals surface area (Å²) in [6, 6.07) is 34.9. The van der Waals surface area contributed by atoms with Gasteiger partial charge in [0.25, 0.3) is 0 Å². The zero-order valence-corrected chi connectivity index (χ0v) is 20.7. The van der Waals surface area contributed by atoms with Crippen molar-refractivity contribution in [2.24, 2.45) is 12.8 Å². The average molecular weight is 489 g/mol. The van der Waals surface area contributed by atoms with Crippen molar-refractivity contribution in [3.05, 3.63) is 131 Å². The first-order valence-corrected chi connectivity index (χ1v) is 12.4. The molecular formula is C31H25ClN4. The standard InChI is InChI=1S/C31H25ClN4/c1-36-27-16-6-5-11-21(27)19-28(36)30(33)23-13-7-12-22(18-23)29-24-14-8-15-25(32)31(24)35-34-26(29)17-20-9-3-2-4-10-20/h2-16,18-19,30H,17,33H2,1H3. The van der Waals surface area contributed by atoms with Crippen LogP contribution in [0, 0.1) is 0 Å². The number of rotatable bonds is 5. The number of nitrogens with two attached hydrogens (primary N) is 1. The van der Waals surface area contributed by atoms with E-state index in [2.05, 4.69) is 94.6 Å². The van der Waals surface area contributed by atoms with E-state index in [4.69, 9.17) is 17.3 Å². The monoisotopic (exact) mass is 488 g/mol. The number of hydrogen-bond acceptors (Lipinski definition) is 3. The molecule has 6 aromatic rings. The van der Waals surface area contributed by atoms with Gasteiger partial charge in [0.2, 0.25) is 0 Å². The maximum Gasteiger partial charge on any atom is 0.112 e. The molecule has 0 saturated carbocycles. The fourth-order valence-electron chi connectivity index (χ4n) is 5.04. The molecule has 0 amide bonds. The second-order valence-electron chi connectivity index (χ2n) is 9.11. The molecule has 0 bridgehead atoms. The van der Waals surface area contributed by atoms with Gasteiger partial charge in [-0.25, -0.2) is 0 Å². The van der Waals surface area contributed by atoms with Crippen LogP contribution in [0.1, 0.15) is 28.6 Å². The maximum atomic E-state index is 6.86. The Morgan fingerprint density at radius 3 is 2.44 bits per heavy atom. The van der Waals surface area contributed by atoms with Crippen LogP contribution in [0.25, 0.3) is 32.9 Å². The van der Waals surface area contributed by atoms with Crippen LogP contribution >= 0.6 is 11.6 Å². The molecule has 0 saturated heterocycles. The molecule has 2 N–H and O–H groups in total. The highest BCUT2D eigenvalue weighted by molar-refractivity contribution is 6.35. The molecule has 0 fully saturated rings. The molecule has 0 spiro atoms. The van der Waals surface area contributed by atoms with E-state index < -0.39 is 0 Å². The number of hydrogen-bond donors (Lipinski definition) is 1. The summed E-state index contributed by atoms with van der Waals surface area (Å²) in [4.78, 5) is 0. The van der Waals surface area contributed by atoms with Crippen molar-refractivity contribution in [3.63, 3.8) is 0 Å². The highest BCUT2D eigenvalue weighted by Crippen LogP contribution is 2.35. The fourth-order valence-corrected chi connectivity index (χ4v) is 5.25. The van der Waals surface area contributed by atoms with E-state index >= 15 is 0 Å². The molecule has 36 heavy (non-hydrogen) atoms. The molecule has 0 aliphatic heterocycles. The van der Waals surface area contributed by atoms with Gasteiger partial charge in [0.05, 0.1) is 16.8 Å². The Balaban J connectivity index is 1.50. The highest BCUT2D eigenvalue weighted by Gasteiger charge is 2.19. The van der Waals surface area contributed by atoms with Gasteiger partial charge >= 0.3 is 0 Å². The Labute approximate surface area is 215 Å². The van der Waals surface area contributed by atoms with Gasteiger partial charge in [0.1, 0.15) is 5.52 Å². The third-order valence-electron chi connectivity index (χ3n) is 6.87. The molecule has 4 nitrogen and oxygen atoms in total. The third kappa shape index (κ3) is 3.95. The van der Waals surface area contributed by atoms with E-state index in [9.17, 15) is 0 Å². The minimum Gasteiger partial charge on any atom is -0.346 e. The van der Waals surface area contributed by atoms with Crippen molar-refractivity contribution < 1.29 is 0 Å². The molecule has 5 heteroatoms. The number of aromatic nitrogens is 3. The number of halogens is 1. The summed E-state index contributed by atoms with van der Waals surface area (Å²) in [7, 11) is 2.07. The van der Waals surface area contributed by atoms with Crippen molar-refractivity contribution in [3.8, 4) is 11.1 Å². The lowest BCUT2D eigenvalue weighted by atomic mass is 9.93. The summed E-state index contributed by atoms with van der Waals surface area (Å²) in [5, 5.41) is 11.9. The topological polar surface area (TPSA) is 56.7 Å². The first-order valence-electron chi connectivity index (χ1n) is 12.0. The normalized spacial score (nSPS) is 12.3. The lowest BCUT2D eigenvalue weighted by molar-refractivity contribution is 0.761. The van der Waals surface area contributed by atoms with Crippen LogP contribution in [0.2, 0.25) is 5.02 Å². The molecule has 1 atom stereocenters. The van der Waals surface area contributed by atoms with Gasteiger partial charge in [-0.2, -0.15) is 5.10 Å². The molecule has 0 aliphatic carbocycles. The second-order valence-corrected chi connectivity index (χ2v) is 9.52. The Morgan fingerprint density at radius 1 is 0.833 bits per heavy atom. The van der Waals surface area contributed by atoms with E-state index in [0.29, 0.717) is 17.0 Å². The number of benzene rings is 4. The Hall–Kier alpha value is -3.99. The summed E-state index contributed by atoms with van der Waals surface area (Å²) in [6.07, 6.45) is 0.672. The van der Waals surface area contributed by atoms with Crippen LogP contribution in [0.4, 0.5) is 0 Å². The molecule has 2 aromatic heterocycles. The van der Waals surface area contributed by atoms with Crippen LogP contribution in [0.5, 0.6) is 0 Å². The number of para-hydroxylation sites is 1. The smallest absolute Gasteiger partial charge is 0.112 e. The predicted molar refractivity (Wildman–Crippen MR) is 148 cm³/mol. The molecular weight excluding hydrogens is 464 g/mol. The van der Waals surface area contributed by atoms with Crippen molar-refractivity contribution in [2.75, 3.05) is 0 Å². The summed E-state index contributed by atoms with van der Waals surface area (Å²) < 4.78 is 2.18. The van der Waals surface area contributed by atoms with E-state index in [1.807, 2.05) is 30.3 Å². The van der Waals surface area contributed by atoms with Crippen molar-refractivity contribution >= 4 is 33.4 Å². The second kappa shape index (κ2) is 9.23. The molecule has 4 aromatic carbocycles. The number of nitrogens with zero attached hydrogens (tertiary/aromatic N) is 3. The third-order valence-corrected chi connectivity index (χ3v) is 7.18. The molecule has 6 rings (SSSR count). The minimum absolute atomic E-state index is 0.274. The molecule has 2 heterocycles. The lowest BCUT2D eigenvalue weighted by Gasteiger charge is -2.17. The molecule has 1 unspecified atom stereocenters. The Bertz CT molecular complexity index is 1710. The van der Waals surface area contributed by atoms with Crippen LogP contribution < -0.4 is 5.73 Å². The number of aryl methyl sites for hydroxylation is 1. The predicted octanol–water partition coefficient (Wildman–Crippen LogP) is 7.08. The van der Waals surface area contributed by atoms with Gasteiger partial charge in [-0.3, -0.25) is 0 Å². The van der Waals surface area contributed by atoms with Crippen LogP contribution in [0.15, 0.2) is 103 Å². The molecule has 0 aliphatic rings. The zero-order chi connectivity index (χ0) is 24.6. The van der Waals surface area contributed by atoms with Gasteiger partial charge in [-0.05, 0) is 46.3 Å². The number of fused-ring (bicyclic) bond motifs is 2. The fraction of sp³-hybridized carbons (Fsp3) is 0.0968. The molecule has 0 radical (unpaired) electrons. The van der Waals surface area contributed by atoms with E-state index in [0.717, 1.165) is 33.5 Å². The van der Waals surface area contributed by atoms with Gasteiger partial charge in [-0.15, -0.1) is 5.10 Å². The Morgan fingerprint density at radius 2 is 1.61 bits per heavy atom. The van der Waals surface area contributed by atoms with E-state index in [1.54, 1.807) is 0 Å². The average Bonchev–Trinajstić information content (AvgIpc) is 3.25. The van der Waals surface area contributed by atoms with Gasteiger partial charge in [0.15, 0.2) is 0 Å². The quantitative estimate of drug-likeness (QED) is 0.282. The zero-order valence-electron chi connectivity index (χ0n) is 19.9. The SMILES string of the molecule is Cn1c(C(N)c2cccc(-c3c(Cc4ccccc4)nnc4c(Cl)cccc34)c2)cc2ccccc21. The van der Waals surface area contributed by atoms with Crippen LogP contribution in [-0.4, -0.2) is 14.8 Å². The van der Waals surface area contributed by atoms with Crippen molar-refractivity contribution in [2.45, 2.75) is 12.5 Å². The largest absolute Gasteiger partial charge is 0.346 e. The van der Waals surface area contributed by atoms with E-state index in [-0.39, 0.29) is 6.04 Å². The first kappa shape index (κ1) is 22.5. The van der Waals surface area contributed by atoms with Crippen molar-refractivity contribution in [1.82, 2.24) is 14.8 Å². The van der Waals surface area contributed by atoms with Crippen LogP contribution in [0.3, 0.4) is 0 Å². The van der Waals surface area contributed by atoms with Crippen LogP contribution in [-0.2, 0) is 13.5 Å². The highest BCUT2D eigenvalue weighted by atomic mass is 35.5. The van der Waals surface area contributed by atoms with Crippen molar-refractivity contribution in [1.29, 1.82) is 0 Å². The summed E-state index contributed by atoms with van der Waals surface area (Å²) in [6.45, 7) is 0. The summed E-state index contributed by atoms with van der Waals surface area (Å²) in [5.41, 5.74) is 15.0. The summed E-state index contributed by atoms with van der Waals surface area (Å²) >= 11 is 6.52.